The van der Waals surface area contributed by atoms with Crippen LogP contribution in [0.1, 0.15) is 45.1 Å². The van der Waals surface area contributed by atoms with Gasteiger partial charge in [0.25, 0.3) is 0 Å². The zero-order chi connectivity index (χ0) is 19.2. The Bertz CT molecular complexity index is 855. The highest BCUT2D eigenvalue weighted by Gasteiger charge is 2.46. The van der Waals surface area contributed by atoms with Gasteiger partial charge in [0.1, 0.15) is 5.92 Å². The molecular formula is C20H21Cl2NO3. The second-order valence-electron chi connectivity index (χ2n) is 7.70. The number of ketones is 1. The lowest BCUT2D eigenvalue weighted by molar-refractivity contribution is -0.143. The van der Waals surface area contributed by atoms with Crippen molar-refractivity contribution < 1.29 is 14.3 Å². The van der Waals surface area contributed by atoms with Gasteiger partial charge in [-0.2, -0.15) is 0 Å². The van der Waals surface area contributed by atoms with Gasteiger partial charge in [0.05, 0.1) is 7.11 Å². The fraction of sp³-hybridized carbons (Fsp3) is 0.450. The molecular weight excluding hydrogens is 373 g/mol. The van der Waals surface area contributed by atoms with Gasteiger partial charge in [0.2, 0.25) is 0 Å². The molecule has 138 valence electrons. The third-order valence-corrected chi connectivity index (χ3v) is 5.62. The summed E-state index contributed by atoms with van der Waals surface area (Å²) in [5, 5.41) is 0.926. The van der Waals surface area contributed by atoms with E-state index in [2.05, 4.69) is 18.8 Å². The zero-order valence-corrected chi connectivity index (χ0v) is 16.7. The number of rotatable bonds is 2. The first-order valence-electron chi connectivity index (χ1n) is 8.49. The summed E-state index contributed by atoms with van der Waals surface area (Å²) in [7, 11) is 1.34. The summed E-state index contributed by atoms with van der Waals surface area (Å²) in [6.45, 7) is 5.90. The van der Waals surface area contributed by atoms with Gasteiger partial charge in [0.15, 0.2) is 5.78 Å². The van der Waals surface area contributed by atoms with E-state index in [0.29, 0.717) is 39.7 Å². The summed E-state index contributed by atoms with van der Waals surface area (Å²) in [5.74, 6) is -1.60. The van der Waals surface area contributed by atoms with Crippen molar-refractivity contribution in [1.82, 2.24) is 0 Å². The van der Waals surface area contributed by atoms with Crippen LogP contribution in [-0.4, -0.2) is 24.6 Å². The minimum Gasteiger partial charge on any atom is -0.468 e. The molecule has 0 spiro atoms. The predicted octanol–water partition coefficient (Wildman–Crippen LogP) is 4.98. The summed E-state index contributed by atoms with van der Waals surface area (Å²) >= 11 is 12.5. The molecule has 0 saturated heterocycles. The number of nitrogens with zero attached hydrogens (tertiary/aromatic N) is 1. The van der Waals surface area contributed by atoms with Crippen LogP contribution < -0.4 is 0 Å². The topological polar surface area (TPSA) is 55.7 Å². The van der Waals surface area contributed by atoms with Gasteiger partial charge in [-0.15, -0.1) is 0 Å². The number of benzene rings is 1. The standard InChI is InChI=1S/C20H21Cl2NO3/c1-10-16(19(25)26-4)17(12-6-5-11(21)7-13(12)22)18-14(23-10)8-20(2,3)9-15(18)24/h5-7,16-17H,8-9H2,1-4H3/t16?,17-/m1/s1. The smallest absolute Gasteiger partial charge is 0.315 e. The minimum absolute atomic E-state index is 0.0115. The van der Waals surface area contributed by atoms with Crippen molar-refractivity contribution in [2.24, 2.45) is 16.3 Å². The Kier molecular flexibility index (Phi) is 5.02. The number of allylic oxidation sites excluding steroid dienone is 2. The van der Waals surface area contributed by atoms with E-state index in [1.54, 1.807) is 25.1 Å². The van der Waals surface area contributed by atoms with E-state index in [-0.39, 0.29) is 11.2 Å². The van der Waals surface area contributed by atoms with Crippen LogP contribution in [-0.2, 0) is 14.3 Å². The maximum atomic E-state index is 13.0. The summed E-state index contributed by atoms with van der Waals surface area (Å²) in [4.78, 5) is 30.2. The molecule has 0 radical (unpaired) electrons. The summed E-state index contributed by atoms with van der Waals surface area (Å²) in [5.41, 5.74) is 2.50. The quantitative estimate of drug-likeness (QED) is 0.665. The van der Waals surface area contributed by atoms with Crippen LogP contribution in [0.4, 0.5) is 0 Å². The molecule has 0 fully saturated rings. The van der Waals surface area contributed by atoms with Crippen molar-refractivity contribution >= 4 is 40.7 Å². The van der Waals surface area contributed by atoms with Crippen LogP contribution in [0.25, 0.3) is 0 Å². The number of ether oxygens (including phenoxy) is 1. The van der Waals surface area contributed by atoms with E-state index >= 15 is 0 Å². The Labute approximate surface area is 163 Å². The molecule has 6 heteroatoms. The molecule has 1 aliphatic heterocycles. The number of halogens is 2. The van der Waals surface area contributed by atoms with Crippen LogP contribution in [0, 0.1) is 11.3 Å². The third kappa shape index (κ3) is 3.33. The Balaban J connectivity index is 2.24. The van der Waals surface area contributed by atoms with Crippen molar-refractivity contribution in [3.05, 3.63) is 45.1 Å². The summed E-state index contributed by atoms with van der Waals surface area (Å²) < 4.78 is 5.01. The molecule has 1 heterocycles. The van der Waals surface area contributed by atoms with Gasteiger partial charge in [-0.05, 0) is 36.5 Å². The zero-order valence-electron chi connectivity index (χ0n) is 15.2. The van der Waals surface area contributed by atoms with Crippen LogP contribution >= 0.6 is 23.2 Å². The first kappa shape index (κ1) is 19.1. The monoisotopic (exact) mass is 393 g/mol. The van der Waals surface area contributed by atoms with Gasteiger partial charge >= 0.3 is 5.97 Å². The molecule has 2 aliphatic rings. The first-order chi connectivity index (χ1) is 12.1. The van der Waals surface area contributed by atoms with E-state index in [4.69, 9.17) is 27.9 Å². The average molecular weight is 394 g/mol. The Hall–Kier alpha value is -1.65. The number of hydrogen-bond donors (Lipinski definition) is 0. The number of Topliss-reactive ketones (excluding diaryl/α,β-unsaturated/α-hetero) is 1. The maximum Gasteiger partial charge on any atom is 0.315 e. The van der Waals surface area contributed by atoms with Crippen LogP contribution in [0.3, 0.4) is 0 Å². The van der Waals surface area contributed by atoms with Crippen LogP contribution in [0.5, 0.6) is 0 Å². The van der Waals surface area contributed by atoms with Gasteiger partial charge in [0, 0.05) is 39.4 Å². The van der Waals surface area contributed by atoms with E-state index in [1.165, 1.54) is 7.11 Å². The normalized spacial score (nSPS) is 24.8. The summed E-state index contributed by atoms with van der Waals surface area (Å²) in [6.07, 6.45) is 1.09. The maximum absolute atomic E-state index is 13.0. The molecule has 3 rings (SSSR count). The largest absolute Gasteiger partial charge is 0.468 e. The second kappa shape index (κ2) is 6.82. The molecule has 0 bridgehead atoms. The second-order valence-corrected chi connectivity index (χ2v) is 8.54. The van der Waals surface area contributed by atoms with E-state index in [0.717, 1.165) is 5.70 Å². The van der Waals surface area contributed by atoms with Crippen molar-refractivity contribution in [1.29, 1.82) is 0 Å². The molecule has 1 aliphatic carbocycles. The molecule has 26 heavy (non-hydrogen) atoms. The Morgan fingerprint density at radius 3 is 2.58 bits per heavy atom. The average Bonchev–Trinajstić information content (AvgIpc) is 2.51. The van der Waals surface area contributed by atoms with E-state index in [9.17, 15) is 9.59 Å². The van der Waals surface area contributed by atoms with Gasteiger partial charge in [-0.25, -0.2) is 0 Å². The molecule has 2 atom stereocenters. The molecule has 1 aromatic rings. The lowest BCUT2D eigenvalue weighted by atomic mass is 9.67. The molecule has 0 N–H and O–H groups in total. The molecule has 0 amide bonds. The van der Waals surface area contributed by atoms with E-state index < -0.39 is 17.8 Å². The third-order valence-electron chi connectivity index (χ3n) is 5.05. The van der Waals surface area contributed by atoms with Gasteiger partial charge < -0.3 is 4.74 Å². The molecule has 4 nitrogen and oxygen atoms in total. The van der Waals surface area contributed by atoms with Crippen molar-refractivity contribution in [2.75, 3.05) is 7.11 Å². The predicted molar refractivity (Wildman–Crippen MR) is 103 cm³/mol. The lowest BCUT2D eigenvalue weighted by Crippen LogP contribution is -2.39. The number of carbonyl (C=O) groups excluding carboxylic acids is 2. The van der Waals surface area contributed by atoms with Crippen LogP contribution in [0.2, 0.25) is 10.0 Å². The fourth-order valence-electron chi connectivity index (χ4n) is 3.97. The van der Waals surface area contributed by atoms with E-state index in [1.807, 2.05) is 0 Å². The summed E-state index contributed by atoms with van der Waals surface area (Å²) in [6, 6.07) is 5.13. The number of aliphatic imine (C=N–C) groups is 1. The van der Waals surface area contributed by atoms with Crippen LogP contribution in [0.15, 0.2) is 34.5 Å². The molecule has 1 unspecified atom stereocenters. The highest BCUT2D eigenvalue weighted by atomic mass is 35.5. The Morgan fingerprint density at radius 2 is 1.96 bits per heavy atom. The van der Waals surface area contributed by atoms with Gasteiger partial charge in [-0.3, -0.25) is 14.6 Å². The van der Waals surface area contributed by atoms with Crippen molar-refractivity contribution in [3.63, 3.8) is 0 Å². The fourth-order valence-corrected chi connectivity index (χ4v) is 4.49. The highest BCUT2D eigenvalue weighted by molar-refractivity contribution is 6.35. The van der Waals surface area contributed by atoms with Crippen molar-refractivity contribution in [2.45, 2.75) is 39.5 Å². The number of hydrogen-bond acceptors (Lipinski definition) is 4. The number of esters is 1. The van der Waals surface area contributed by atoms with Gasteiger partial charge in [-0.1, -0.05) is 43.1 Å². The highest BCUT2D eigenvalue weighted by Crippen LogP contribution is 2.49. The lowest BCUT2D eigenvalue weighted by Gasteiger charge is -2.39. The Morgan fingerprint density at radius 1 is 1.27 bits per heavy atom. The molecule has 1 aromatic carbocycles. The number of methoxy groups -OCH3 is 1. The van der Waals surface area contributed by atoms with Crippen molar-refractivity contribution in [3.8, 4) is 0 Å². The number of carbonyl (C=O) groups is 2. The molecule has 0 saturated carbocycles. The first-order valence-corrected chi connectivity index (χ1v) is 9.24. The minimum atomic E-state index is -0.678. The molecule has 0 aromatic heterocycles. The SMILES string of the molecule is COC(=O)C1C(C)=NC2=C(C(=O)CC(C)(C)C2)[C@@H]1c1ccc(Cl)cc1Cl.